The number of hydrogen-bond acceptors (Lipinski definition) is 4. The van der Waals surface area contributed by atoms with Gasteiger partial charge >= 0.3 is 6.18 Å². The van der Waals surface area contributed by atoms with E-state index in [1.807, 2.05) is 4.90 Å². The number of pyridine rings is 1. The molecule has 0 atom stereocenters. The van der Waals surface area contributed by atoms with Crippen LogP contribution in [0.3, 0.4) is 0 Å². The number of likely N-dealkylation sites (tertiary alicyclic amines) is 1. The molecule has 1 aromatic heterocycles. The summed E-state index contributed by atoms with van der Waals surface area (Å²) in [5.74, 6) is 0.767. The zero-order valence-corrected chi connectivity index (χ0v) is 24.4. The number of carbonyl (C=O) groups is 1. The molecule has 0 bridgehead atoms. The first-order valence-electron chi connectivity index (χ1n) is 13.5. The molecule has 3 heterocycles. The molecule has 0 spiro atoms. The average molecular weight is 643 g/mol. The quantitative estimate of drug-likeness (QED) is 0.251. The number of nitrogens with zero attached hydrogens (tertiary/aromatic N) is 3. The number of alkyl halides is 4. The molecule has 2 aliphatic heterocycles. The number of halogens is 4. The van der Waals surface area contributed by atoms with Crippen LogP contribution in [0.5, 0.6) is 0 Å². The molecular formula is C29H38F3IN4O. The highest BCUT2D eigenvalue weighted by atomic mass is 127. The summed E-state index contributed by atoms with van der Waals surface area (Å²) < 4.78 is 39.8. The lowest BCUT2D eigenvalue weighted by atomic mass is 9.87. The number of nitrogens with one attached hydrogen (secondary N) is 1. The predicted molar refractivity (Wildman–Crippen MR) is 155 cm³/mol. The smallest absolute Gasteiger partial charge is 0.382 e. The van der Waals surface area contributed by atoms with Gasteiger partial charge in [-0.2, -0.15) is 13.2 Å². The summed E-state index contributed by atoms with van der Waals surface area (Å²) in [6.07, 6.45) is 1.87. The second kappa shape index (κ2) is 12.4. The largest absolute Gasteiger partial charge is 0.433 e. The Balaban J connectivity index is 1.16. The van der Waals surface area contributed by atoms with Crippen molar-refractivity contribution in [1.29, 1.82) is 0 Å². The number of rotatable bonds is 8. The zero-order chi connectivity index (χ0) is 27.3. The van der Waals surface area contributed by atoms with Gasteiger partial charge in [0.1, 0.15) is 5.69 Å². The highest BCUT2D eigenvalue weighted by Gasteiger charge is 2.33. The predicted octanol–water partition coefficient (Wildman–Crippen LogP) is 6.91. The lowest BCUT2D eigenvalue weighted by Gasteiger charge is -2.35. The molecule has 2 saturated heterocycles. The van der Waals surface area contributed by atoms with Crippen molar-refractivity contribution in [2.45, 2.75) is 70.0 Å². The van der Waals surface area contributed by atoms with Gasteiger partial charge in [0.25, 0.3) is 0 Å². The van der Waals surface area contributed by atoms with E-state index in [0.29, 0.717) is 31.1 Å². The number of amides is 1. The van der Waals surface area contributed by atoms with E-state index in [4.69, 9.17) is 0 Å². The highest BCUT2D eigenvalue weighted by molar-refractivity contribution is 14.1. The maximum Gasteiger partial charge on any atom is 0.433 e. The molecule has 0 unspecified atom stereocenters. The van der Waals surface area contributed by atoms with E-state index in [1.165, 1.54) is 17.4 Å². The summed E-state index contributed by atoms with van der Waals surface area (Å²) >= 11 is 2.45. The van der Waals surface area contributed by atoms with Gasteiger partial charge in [0.15, 0.2) is 0 Å². The average Bonchev–Trinajstić information content (AvgIpc) is 2.92. The number of carbonyl (C=O) groups excluding carboxylic acids is 1. The summed E-state index contributed by atoms with van der Waals surface area (Å²) in [7, 11) is 0. The van der Waals surface area contributed by atoms with E-state index in [1.54, 1.807) is 6.07 Å². The number of piperidine rings is 2. The van der Waals surface area contributed by atoms with Crippen molar-refractivity contribution < 1.29 is 18.0 Å². The van der Waals surface area contributed by atoms with Crippen LogP contribution in [0, 0.1) is 5.92 Å². The van der Waals surface area contributed by atoms with Crippen molar-refractivity contribution in [3.8, 4) is 0 Å². The Labute approximate surface area is 237 Å². The third kappa shape index (κ3) is 7.54. The van der Waals surface area contributed by atoms with E-state index in [2.05, 4.69) is 75.9 Å². The van der Waals surface area contributed by atoms with E-state index < -0.39 is 11.9 Å². The van der Waals surface area contributed by atoms with Crippen molar-refractivity contribution in [2.75, 3.05) is 40.8 Å². The standard InChI is InChI=1S/C29H38F3IN4O/c1-28(2,20-33)22-4-6-25(7-5-22)36-15-10-21(11-16-36)3-8-27(38)37-17-12-23(13-18-37)35-24-9-14-34-26(19-24)29(30,31)32/h4-7,9,14,19,21,23H,3,8,10-13,15-18,20H2,1-2H3,(H,34,35). The fourth-order valence-electron chi connectivity index (χ4n) is 5.35. The Morgan fingerprint density at radius 2 is 1.68 bits per heavy atom. The monoisotopic (exact) mass is 642 g/mol. The number of hydrogen-bond donors (Lipinski definition) is 1. The molecule has 9 heteroatoms. The van der Waals surface area contributed by atoms with Crippen LogP contribution in [-0.2, 0) is 16.4 Å². The first-order valence-corrected chi connectivity index (χ1v) is 15.1. The van der Waals surface area contributed by atoms with Crippen molar-refractivity contribution in [3.63, 3.8) is 0 Å². The Hall–Kier alpha value is -2.04. The Kier molecular flexibility index (Phi) is 9.47. The molecule has 208 valence electrons. The van der Waals surface area contributed by atoms with Crippen LogP contribution < -0.4 is 10.2 Å². The molecular weight excluding hydrogens is 604 g/mol. The second-order valence-electron chi connectivity index (χ2n) is 11.3. The maximum atomic E-state index is 12.9. The normalized spacial score (nSPS) is 18.1. The Morgan fingerprint density at radius 1 is 1.03 bits per heavy atom. The third-order valence-corrected chi connectivity index (χ3v) is 9.90. The minimum absolute atomic E-state index is 0.0496. The van der Waals surface area contributed by atoms with Crippen molar-refractivity contribution in [1.82, 2.24) is 9.88 Å². The first kappa shape index (κ1) is 29.0. The van der Waals surface area contributed by atoms with E-state index in [9.17, 15) is 18.0 Å². The number of aromatic nitrogens is 1. The zero-order valence-electron chi connectivity index (χ0n) is 22.2. The van der Waals surface area contributed by atoms with Gasteiger partial charge in [-0.25, -0.2) is 0 Å². The lowest BCUT2D eigenvalue weighted by molar-refractivity contribution is -0.141. The maximum absolute atomic E-state index is 12.9. The van der Waals surface area contributed by atoms with Crippen molar-refractivity contribution >= 4 is 39.9 Å². The van der Waals surface area contributed by atoms with Crippen molar-refractivity contribution in [2.24, 2.45) is 5.92 Å². The minimum atomic E-state index is -4.46. The molecule has 1 aromatic carbocycles. The van der Waals surface area contributed by atoms with Crippen LogP contribution in [0.25, 0.3) is 0 Å². The SMILES string of the molecule is CC(C)(CI)c1ccc(N2CCC(CCC(=O)N3CCC(Nc4ccnc(C(F)(F)F)c4)CC3)CC2)cc1. The van der Waals surface area contributed by atoms with Gasteiger partial charge in [0, 0.05) is 60.6 Å². The topological polar surface area (TPSA) is 48.5 Å². The van der Waals surface area contributed by atoms with Gasteiger partial charge in [0.05, 0.1) is 0 Å². The third-order valence-electron chi connectivity index (χ3n) is 8.00. The molecule has 0 radical (unpaired) electrons. The summed E-state index contributed by atoms with van der Waals surface area (Å²) in [6, 6.07) is 11.7. The van der Waals surface area contributed by atoms with Crippen LogP contribution in [-0.4, -0.2) is 52.4 Å². The summed E-state index contributed by atoms with van der Waals surface area (Å²) in [4.78, 5) is 20.6. The molecule has 1 amide bonds. The molecule has 0 saturated carbocycles. The molecule has 2 fully saturated rings. The molecule has 2 aromatic rings. The Bertz CT molecular complexity index is 1060. The van der Waals surface area contributed by atoms with Crippen molar-refractivity contribution in [3.05, 3.63) is 53.9 Å². The summed E-state index contributed by atoms with van der Waals surface area (Å²) in [6.45, 7) is 7.87. The van der Waals surface area contributed by atoms with Gasteiger partial charge in [0.2, 0.25) is 5.91 Å². The fraction of sp³-hybridized carbons (Fsp3) is 0.586. The highest BCUT2D eigenvalue weighted by Crippen LogP contribution is 2.31. The van der Waals surface area contributed by atoms with Gasteiger partial charge in [-0.15, -0.1) is 0 Å². The molecule has 38 heavy (non-hydrogen) atoms. The van der Waals surface area contributed by atoms with Crippen LogP contribution in [0.4, 0.5) is 24.5 Å². The first-order chi connectivity index (χ1) is 18.0. The molecule has 4 rings (SSSR count). The van der Waals surface area contributed by atoms with Gasteiger partial charge in [-0.05, 0) is 73.3 Å². The summed E-state index contributed by atoms with van der Waals surface area (Å²) in [5, 5.41) is 3.18. The van der Waals surface area contributed by atoms with Crippen LogP contribution in [0.15, 0.2) is 42.6 Å². The molecule has 2 aliphatic rings. The lowest BCUT2D eigenvalue weighted by Crippen LogP contribution is -2.42. The van der Waals surface area contributed by atoms with Crippen LogP contribution in [0.1, 0.15) is 63.6 Å². The van der Waals surface area contributed by atoms with E-state index >= 15 is 0 Å². The Morgan fingerprint density at radius 3 is 2.29 bits per heavy atom. The van der Waals surface area contributed by atoms with Crippen LogP contribution in [0.2, 0.25) is 0 Å². The van der Waals surface area contributed by atoms with Crippen LogP contribution >= 0.6 is 22.6 Å². The van der Waals surface area contributed by atoms with E-state index in [-0.39, 0.29) is 17.4 Å². The molecule has 1 N–H and O–H groups in total. The van der Waals surface area contributed by atoms with Gasteiger partial charge in [-0.3, -0.25) is 9.78 Å². The minimum Gasteiger partial charge on any atom is -0.382 e. The fourth-order valence-corrected chi connectivity index (χ4v) is 5.79. The summed E-state index contributed by atoms with van der Waals surface area (Å²) in [5.41, 5.74) is 2.37. The second-order valence-corrected chi connectivity index (χ2v) is 12.0. The number of anilines is 2. The van der Waals surface area contributed by atoms with Gasteiger partial charge in [-0.1, -0.05) is 48.6 Å². The number of benzene rings is 1. The molecule has 0 aliphatic carbocycles. The van der Waals surface area contributed by atoms with E-state index in [0.717, 1.165) is 55.7 Å². The van der Waals surface area contributed by atoms with Gasteiger partial charge < -0.3 is 15.1 Å². The molecule has 5 nitrogen and oxygen atoms in total.